The molecule has 4 rings (SSSR count). The number of aromatic amines is 1. The lowest BCUT2D eigenvalue weighted by Gasteiger charge is -2.49. The van der Waals surface area contributed by atoms with Gasteiger partial charge in [-0.05, 0) is 22.2 Å². The molecule has 0 aliphatic carbocycles. The zero-order chi connectivity index (χ0) is 21.3. The summed E-state index contributed by atoms with van der Waals surface area (Å²) in [6.45, 7) is 0. The summed E-state index contributed by atoms with van der Waals surface area (Å²) in [4.78, 5) is 37.9. The number of thioether (sulfide) groups is 2. The van der Waals surface area contributed by atoms with Gasteiger partial charge in [0, 0.05) is 11.5 Å². The molecule has 3 N–H and O–H groups in total. The van der Waals surface area contributed by atoms with E-state index in [1.54, 1.807) is 17.5 Å². The van der Waals surface area contributed by atoms with E-state index in [1.807, 2.05) is 0 Å². The molecule has 2 aromatic heterocycles. The number of hydrogen-bond acceptors (Lipinski definition) is 10. The second-order valence-corrected chi connectivity index (χ2v) is 10.8. The fourth-order valence-electron chi connectivity index (χ4n) is 2.96. The summed E-state index contributed by atoms with van der Waals surface area (Å²) < 4.78 is 12.8. The zero-order valence-electron chi connectivity index (χ0n) is 15.0. The maximum absolute atomic E-state index is 12.6. The predicted octanol–water partition coefficient (Wildman–Crippen LogP) is -0.100. The quantitative estimate of drug-likeness (QED) is 0.340. The fraction of sp³-hybridized carbons (Fsp3) is 0.333. The third-order valence-electron chi connectivity index (χ3n) is 4.25. The Morgan fingerprint density at radius 1 is 1.47 bits per heavy atom. The molecule has 30 heavy (non-hydrogen) atoms. The number of aliphatic carboxylic acids is 1. The minimum Gasteiger partial charge on any atom is -0.477 e. The molecule has 2 unspecified atom stereocenters. The summed E-state index contributed by atoms with van der Waals surface area (Å²) in [7, 11) is -1.49. The lowest BCUT2D eigenvalue weighted by Crippen LogP contribution is -2.70. The first-order valence-corrected chi connectivity index (χ1v) is 12.7. The van der Waals surface area contributed by atoms with Crippen molar-refractivity contribution in [3.05, 3.63) is 28.8 Å². The minimum absolute atomic E-state index is 0.0765. The van der Waals surface area contributed by atoms with Crippen LogP contribution in [0.3, 0.4) is 0 Å². The second kappa shape index (κ2) is 8.87. The monoisotopic (exact) mass is 486 g/mol. The molecule has 158 valence electrons. The molecule has 2 aliphatic rings. The SMILES string of the molecule is O=C(CS(=O)c1cccs1)NC1C(=O)N2C(C(=O)O)=C(CSc3nn[nH]n3)CS[C@@H]12. The van der Waals surface area contributed by atoms with Gasteiger partial charge in [0.25, 0.3) is 5.91 Å². The molecular weight excluding hydrogens is 472 g/mol. The number of carboxylic acid groups (broad SMARTS) is 1. The zero-order valence-corrected chi connectivity index (χ0v) is 18.3. The van der Waals surface area contributed by atoms with Crippen molar-refractivity contribution in [2.24, 2.45) is 0 Å². The van der Waals surface area contributed by atoms with Gasteiger partial charge < -0.3 is 10.4 Å². The van der Waals surface area contributed by atoms with Crippen molar-refractivity contribution in [1.29, 1.82) is 0 Å². The maximum Gasteiger partial charge on any atom is 0.352 e. The van der Waals surface area contributed by atoms with Gasteiger partial charge in [0.05, 0.1) is 15.0 Å². The Hall–Kier alpha value is -2.23. The largest absolute Gasteiger partial charge is 0.477 e. The molecule has 2 aliphatic heterocycles. The summed E-state index contributed by atoms with van der Waals surface area (Å²) in [6.07, 6.45) is 0. The predicted molar refractivity (Wildman–Crippen MR) is 110 cm³/mol. The van der Waals surface area contributed by atoms with Crippen molar-refractivity contribution in [3.8, 4) is 0 Å². The number of nitrogens with one attached hydrogen (secondary N) is 2. The molecule has 0 aromatic carbocycles. The van der Waals surface area contributed by atoms with Crippen LogP contribution in [0.15, 0.2) is 38.1 Å². The standard InChI is InChI=1S/C15H14N6O5S4/c22-8(6-30(26)9-2-1-3-27-9)16-10-12(23)21-11(14(24)25)7(4-28-13(10)21)5-29-15-17-19-20-18-15/h1-3,10,13H,4-6H2,(H,16,22)(H,24,25)(H,17,18,19,20)/t10?,13-,30?/m0/s1. The Balaban J connectivity index is 1.41. The van der Waals surface area contributed by atoms with E-state index < -0.39 is 40.0 Å². The number of aromatic nitrogens is 4. The Morgan fingerprint density at radius 2 is 2.30 bits per heavy atom. The Kier molecular flexibility index (Phi) is 6.21. The highest BCUT2D eigenvalue weighted by Crippen LogP contribution is 2.41. The average Bonchev–Trinajstić information content (AvgIpc) is 3.43. The third-order valence-corrected chi connectivity index (χ3v) is 9.13. The van der Waals surface area contributed by atoms with Crippen molar-refractivity contribution in [1.82, 2.24) is 30.8 Å². The molecule has 2 aromatic rings. The van der Waals surface area contributed by atoms with Crippen LogP contribution in [-0.2, 0) is 25.2 Å². The summed E-state index contributed by atoms with van der Waals surface area (Å²) in [5.41, 5.74) is 0.489. The number of carboxylic acids is 1. The number of rotatable bonds is 8. The van der Waals surface area contributed by atoms with Crippen molar-refractivity contribution in [2.45, 2.75) is 20.8 Å². The Bertz CT molecular complexity index is 1020. The number of carbonyl (C=O) groups excluding carboxylic acids is 2. The van der Waals surface area contributed by atoms with Crippen LogP contribution in [0.25, 0.3) is 0 Å². The first-order chi connectivity index (χ1) is 14.5. The van der Waals surface area contributed by atoms with Crippen molar-refractivity contribution in [3.63, 3.8) is 0 Å². The molecule has 1 saturated heterocycles. The van der Waals surface area contributed by atoms with E-state index >= 15 is 0 Å². The first kappa shape index (κ1) is 21.0. The summed E-state index contributed by atoms with van der Waals surface area (Å²) in [6, 6.07) is 2.58. The number of tetrazole rings is 1. The van der Waals surface area contributed by atoms with Crippen LogP contribution in [-0.4, -0.2) is 81.3 Å². The van der Waals surface area contributed by atoms with Crippen LogP contribution in [0.4, 0.5) is 0 Å². The number of H-pyrrole nitrogens is 1. The average molecular weight is 487 g/mol. The van der Waals surface area contributed by atoms with Gasteiger partial charge in [0.1, 0.15) is 22.9 Å². The molecule has 2 amide bonds. The molecular formula is C15H14N6O5S4. The highest BCUT2D eigenvalue weighted by Gasteiger charge is 2.54. The van der Waals surface area contributed by atoms with Gasteiger partial charge >= 0.3 is 5.97 Å². The van der Waals surface area contributed by atoms with Gasteiger partial charge in [-0.3, -0.25) is 18.7 Å². The number of carbonyl (C=O) groups is 3. The van der Waals surface area contributed by atoms with E-state index in [9.17, 15) is 23.7 Å². The van der Waals surface area contributed by atoms with Gasteiger partial charge in [-0.1, -0.05) is 17.8 Å². The molecule has 1 fully saturated rings. The van der Waals surface area contributed by atoms with E-state index in [0.29, 0.717) is 26.4 Å². The number of amides is 2. The van der Waals surface area contributed by atoms with E-state index in [-0.39, 0.29) is 11.4 Å². The van der Waals surface area contributed by atoms with Gasteiger partial charge in [-0.25, -0.2) is 4.79 Å². The van der Waals surface area contributed by atoms with Gasteiger partial charge in [-0.2, -0.15) is 5.21 Å². The molecule has 15 heteroatoms. The smallest absolute Gasteiger partial charge is 0.352 e. The van der Waals surface area contributed by atoms with E-state index in [0.717, 1.165) is 0 Å². The number of nitrogens with zero attached hydrogens (tertiary/aromatic N) is 4. The lowest BCUT2D eigenvalue weighted by molar-refractivity contribution is -0.150. The molecule has 0 bridgehead atoms. The summed E-state index contributed by atoms with van der Waals surface area (Å²) >= 11 is 3.87. The molecule has 0 radical (unpaired) electrons. The van der Waals surface area contributed by atoms with Crippen LogP contribution in [0.2, 0.25) is 0 Å². The Labute approximate surface area is 184 Å². The molecule has 0 spiro atoms. The van der Waals surface area contributed by atoms with Crippen molar-refractivity contribution >= 4 is 63.4 Å². The molecule has 0 saturated carbocycles. The van der Waals surface area contributed by atoms with E-state index in [2.05, 4.69) is 25.9 Å². The van der Waals surface area contributed by atoms with Crippen LogP contribution in [0, 0.1) is 0 Å². The third kappa shape index (κ3) is 4.14. The number of thiophene rings is 1. The Morgan fingerprint density at radius 3 is 2.97 bits per heavy atom. The second-order valence-electron chi connectivity index (χ2n) is 6.12. The molecule has 4 heterocycles. The summed E-state index contributed by atoms with van der Waals surface area (Å²) in [5.74, 6) is -1.80. The highest BCUT2D eigenvalue weighted by molar-refractivity contribution is 8.01. The van der Waals surface area contributed by atoms with E-state index in [4.69, 9.17) is 0 Å². The highest BCUT2D eigenvalue weighted by atomic mass is 32.2. The number of β-lactam (4-membered cyclic amide) rings is 1. The van der Waals surface area contributed by atoms with Crippen molar-refractivity contribution in [2.75, 3.05) is 17.3 Å². The van der Waals surface area contributed by atoms with Gasteiger partial charge in [0.15, 0.2) is 0 Å². The molecule has 3 atom stereocenters. The van der Waals surface area contributed by atoms with Crippen LogP contribution >= 0.6 is 34.9 Å². The first-order valence-electron chi connectivity index (χ1n) is 8.43. The topological polar surface area (TPSA) is 158 Å². The van der Waals surface area contributed by atoms with Gasteiger partial charge in [-0.15, -0.1) is 33.3 Å². The summed E-state index contributed by atoms with van der Waals surface area (Å²) in [5, 5.41) is 27.3. The lowest BCUT2D eigenvalue weighted by atomic mass is 10.0. The fourth-order valence-corrected chi connectivity index (χ4v) is 7.09. The number of hydrogen-bond donors (Lipinski definition) is 3. The van der Waals surface area contributed by atoms with Crippen molar-refractivity contribution < 1.29 is 23.7 Å². The van der Waals surface area contributed by atoms with Crippen LogP contribution in [0.5, 0.6) is 0 Å². The van der Waals surface area contributed by atoms with E-state index in [1.165, 1.54) is 39.8 Å². The maximum atomic E-state index is 12.6. The van der Waals surface area contributed by atoms with Crippen LogP contribution < -0.4 is 5.32 Å². The molecule has 11 nitrogen and oxygen atoms in total. The number of fused-ring (bicyclic) bond motifs is 1. The minimum atomic E-state index is -1.49. The normalized spacial score (nSPS) is 21.7. The van der Waals surface area contributed by atoms with Gasteiger partial charge in [0.2, 0.25) is 11.1 Å². The van der Waals surface area contributed by atoms with Crippen LogP contribution in [0.1, 0.15) is 0 Å².